The van der Waals surface area contributed by atoms with E-state index in [1.165, 1.54) is 0 Å². The maximum absolute atomic E-state index is 12.8. The Kier molecular flexibility index (Phi) is 2.82. The van der Waals surface area contributed by atoms with Crippen molar-refractivity contribution in [1.82, 2.24) is 0 Å². The molecular formula is C8H5ClF5N. The Balaban J connectivity index is 3.32. The van der Waals surface area contributed by atoms with Crippen LogP contribution in [0.5, 0.6) is 0 Å². The lowest BCUT2D eigenvalue weighted by Gasteiger charge is -2.21. The Hall–Kier alpha value is -1.04. The van der Waals surface area contributed by atoms with Crippen LogP contribution in [0.25, 0.3) is 0 Å². The number of alkyl halides is 5. The second kappa shape index (κ2) is 3.52. The molecule has 0 radical (unpaired) electrons. The fraction of sp³-hybridized carbons (Fsp3) is 0.250. The summed E-state index contributed by atoms with van der Waals surface area (Å²) in [5.74, 6) is -5.00. The second-order valence-corrected chi connectivity index (χ2v) is 3.24. The zero-order valence-corrected chi connectivity index (χ0v) is 7.83. The van der Waals surface area contributed by atoms with Crippen molar-refractivity contribution in [2.75, 3.05) is 5.73 Å². The van der Waals surface area contributed by atoms with Crippen LogP contribution in [0, 0.1) is 0 Å². The molecule has 1 nitrogen and oxygen atoms in total. The zero-order valence-electron chi connectivity index (χ0n) is 7.08. The van der Waals surface area contributed by atoms with Gasteiger partial charge in [0.2, 0.25) is 0 Å². The smallest absolute Gasteiger partial charge is 0.398 e. The first-order chi connectivity index (χ1) is 6.66. The van der Waals surface area contributed by atoms with Crippen molar-refractivity contribution in [3.63, 3.8) is 0 Å². The first kappa shape index (κ1) is 12.0. The quantitative estimate of drug-likeness (QED) is 0.594. The SMILES string of the molecule is Nc1ccc(Cl)cc1C(F)(F)C(F)(F)F. The predicted octanol–water partition coefficient (Wildman–Crippen LogP) is 3.58. The van der Waals surface area contributed by atoms with Gasteiger partial charge in [-0.3, -0.25) is 0 Å². The van der Waals surface area contributed by atoms with Gasteiger partial charge in [-0.25, -0.2) is 0 Å². The zero-order chi connectivity index (χ0) is 11.9. The average Bonchev–Trinajstić information content (AvgIpc) is 2.07. The maximum atomic E-state index is 12.8. The van der Waals surface area contributed by atoms with Crippen molar-refractivity contribution >= 4 is 17.3 Å². The Morgan fingerprint density at radius 1 is 1.07 bits per heavy atom. The second-order valence-electron chi connectivity index (χ2n) is 2.80. The largest absolute Gasteiger partial charge is 0.458 e. The van der Waals surface area contributed by atoms with E-state index in [0.717, 1.165) is 12.1 Å². The van der Waals surface area contributed by atoms with Gasteiger partial charge >= 0.3 is 12.1 Å². The van der Waals surface area contributed by atoms with Gasteiger partial charge in [0.1, 0.15) is 0 Å². The Morgan fingerprint density at radius 3 is 2.07 bits per heavy atom. The molecule has 0 unspecified atom stereocenters. The van der Waals surface area contributed by atoms with Crippen LogP contribution in [0.4, 0.5) is 27.6 Å². The molecule has 0 atom stereocenters. The molecule has 2 N–H and O–H groups in total. The summed E-state index contributed by atoms with van der Waals surface area (Å²) >= 11 is 5.32. The fourth-order valence-corrected chi connectivity index (χ4v) is 1.13. The minimum atomic E-state index is -5.69. The molecule has 84 valence electrons. The molecule has 1 aromatic rings. The van der Waals surface area contributed by atoms with E-state index in [0.29, 0.717) is 6.07 Å². The minimum absolute atomic E-state index is 0.233. The van der Waals surface area contributed by atoms with Crippen LogP contribution in [-0.2, 0) is 5.92 Å². The van der Waals surface area contributed by atoms with E-state index in [2.05, 4.69) is 0 Å². The molecule has 0 saturated carbocycles. The lowest BCUT2D eigenvalue weighted by atomic mass is 10.1. The third-order valence-electron chi connectivity index (χ3n) is 1.71. The van der Waals surface area contributed by atoms with Gasteiger partial charge in [-0.1, -0.05) is 11.6 Å². The lowest BCUT2D eigenvalue weighted by Crippen LogP contribution is -2.34. The predicted molar refractivity (Wildman–Crippen MR) is 45.8 cm³/mol. The van der Waals surface area contributed by atoms with Gasteiger partial charge in [-0.05, 0) is 18.2 Å². The van der Waals surface area contributed by atoms with E-state index in [4.69, 9.17) is 17.3 Å². The van der Waals surface area contributed by atoms with Crippen LogP contribution >= 0.6 is 11.6 Å². The molecule has 0 bridgehead atoms. The van der Waals surface area contributed by atoms with E-state index in [1.807, 2.05) is 0 Å². The highest BCUT2D eigenvalue weighted by atomic mass is 35.5. The van der Waals surface area contributed by atoms with Crippen LogP contribution in [-0.4, -0.2) is 6.18 Å². The number of anilines is 1. The van der Waals surface area contributed by atoms with E-state index in [9.17, 15) is 22.0 Å². The van der Waals surface area contributed by atoms with Gasteiger partial charge < -0.3 is 5.73 Å². The number of rotatable bonds is 1. The van der Waals surface area contributed by atoms with Crippen LogP contribution in [0.1, 0.15) is 5.56 Å². The average molecular weight is 246 g/mol. The summed E-state index contributed by atoms with van der Waals surface area (Å²) in [4.78, 5) is 0. The number of hydrogen-bond donors (Lipinski definition) is 1. The van der Waals surface area contributed by atoms with Gasteiger partial charge in [0.05, 0.1) is 5.56 Å². The van der Waals surface area contributed by atoms with Crippen molar-refractivity contribution in [2.24, 2.45) is 0 Å². The molecule has 0 heterocycles. The molecule has 7 heteroatoms. The molecule has 0 aliphatic heterocycles. The fourth-order valence-electron chi connectivity index (χ4n) is 0.953. The summed E-state index contributed by atoms with van der Waals surface area (Å²) in [5.41, 5.74) is 3.05. The molecule has 0 fully saturated rings. The van der Waals surface area contributed by atoms with Crippen LogP contribution in [0.2, 0.25) is 5.02 Å². The Morgan fingerprint density at radius 2 is 1.60 bits per heavy atom. The normalized spacial score (nSPS) is 12.9. The molecule has 0 aliphatic rings. The van der Waals surface area contributed by atoms with Crippen LogP contribution in [0.15, 0.2) is 18.2 Å². The van der Waals surface area contributed by atoms with Crippen molar-refractivity contribution < 1.29 is 22.0 Å². The molecular weight excluding hydrogens is 241 g/mol. The van der Waals surface area contributed by atoms with Crippen molar-refractivity contribution in [3.8, 4) is 0 Å². The summed E-state index contributed by atoms with van der Waals surface area (Å²) in [7, 11) is 0. The highest BCUT2D eigenvalue weighted by Gasteiger charge is 2.59. The van der Waals surface area contributed by atoms with Crippen molar-refractivity contribution in [1.29, 1.82) is 0 Å². The van der Waals surface area contributed by atoms with Gasteiger partial charge in [-0.2, -0.15) is 22.0 Å². The maximum Gasteiger partial charge on any atom is 0.458 e. The van der Waals surface area contributed by atoms with Gasteiger partial charge in [0.15, 0.2) is 0 Å². The standard InChI is InChI=1S/C8H5ClF5N/c9-4-1-2-6(15)5(3-4)7(10,11)8(12,13)14/h1-3H,15H2. The Labute approximate surface area is 86.6 Å². The number of benzene rings is 1. The number of nitrogen functional groups attached to an aromatic ring is 1. The van der Waals surface area contributed by atoms with E-state index in [1.54, 1.807) is 0 Å². The number of nitrogens with two attached hydrogens (primary N) is 1. The lowest BCUT2D eigenvalue weighted by molar-refractivity contribution is -0.289. The third kappa shape index (κ3) is 2.14. The highest BCUT2D eigenvalue weighted by Crippen LogP contribution is 2.46. The first-order valence-corrected chi connectivity index (χ1v) is 4.04. The molecule has 1 rings (SSSR count). The minimum Gasteiger partial charge on any atom is -0.398 e. The van der Waals surface area contributed by atoms with Crippen LogP contribution in [0.3, 0.4) is 0 Å². The molecule has 0 aliphatic carbocycles. The topological polar surface area (TPSA) is 26.0 Å². The van der Waals surface area contributed by atoms with Crippen molar-refractivity contribution in [3.05, 3.63) is 28.8 Å². The number of hydrogen-bond acceptors (Lipinski definition) is 1. The summed E-state index contributed by atoms with van der Waals surface area (Å²) in [5, 5.41) is -0.233. The summed E-state index contributed by atoms with van der Waals surface area (Å²) in [6.45, 7) is 0. The van der Waals surface area contributed by atoms with E-state index in [-0.39, 0.29) is 5.02 Å². The first-order valence-electron chi connectivity index (χ1n) is 3.66. The van der Waals surface area contributed by atoms with E-state index >= 15 is 0 Å². The molecule has 0 spiro atoms. The number of halogens is 6. The van der Waals surface area contributed by atoms with Crippen LogP contribution < -0.4 is 5.73 Å². The van der Waals surface area contributed by atoms with Gasteiger partial charge in [0.25, 0.3) is 0 Å². The Bertz CT molecular complexity index is 374. The summed E-state index contributed by atoms with van der Waals surface area (Å²) in [6.07, 6.45) is -5.69. The summed E-state index contributed by atoms with van der Waals surface area (Å²) < 4.78 is 61.6. The molecule has 0 amide bonds. The molecule has 15 heavy (non-hydrogen) atoms. The van der Waals surface area contributed by atoms with Gasteiger partial charge in [0, 0.05) is 10.7 Å². The highest BCUT2D eigenvalue weighted by molar-refractivity contribution is 6.30. The molecule has 0 saturated heterocycles. The van der Waals surface area contributed by atoms with Crippen molar-refractivity contribution in [2.45, 2.75) is 12.1 Å². The third-order valence-corrected chi connectivity index (χ3v) is 1.94. The molecule has 0 aromatic heterocycles. The van der Waals surface area contributed by atoms with E-state index < -0.39 is 23.3 Å². The van der Waals surface area contributed by atoms with Gasteiger partial charge in [-0.15, -0.1) is 0 Å². The summed E-state index contributed by atoms with van der Waals surface area (Å²) in [6, 6.07) is 2.54. The molecule has 1 aromatic carbocycles. The monoisotopic (exact) mass is 245 g/mol.